The molecule has 20 heavy (non-hydrogen) atoms. The Morgan fingerprint density at radius 3 is 2.15 bits per heavy atom. The molecule has 0 fully saturated rings. The topological polar surface area (TPSA) is 37.3 Å². The van der Waals surface area contributed by atoms with Crippen LogP contribution < -0.4 is 0 Å². The molecule has 0 heterocycles. The maximum absolute atomic E-state index is 10.8. The summed E-state index contributed by atoms with van der Waals surface area (Å²) in [6.45, 7) is 4.37. The largest absolute Gasteiger partial charge is 0.478 e. The monoisotopic (exact) mass is 286 g/mol. The van der Waals surface area contributed by atoms with Crippen molar-refractivity contribution in [3.8, 4) is 0 Å². The van der Waals surface area contributed by atoms with Gasteiger partial charge in [-0.15, -0.1) is 11.8 Å². The number of carboxylic acids is 1. The summed E-state index contributed by atoms with van der Waals surface area (Å²) in [5.41, 5.74) is 2.81. The zero-order valence-corrected chi connectivity index (χ0v) is 12.5. The normalized spacial score (nSPS) is 10.8. The van der Waals surface area contributed by atoms with Crippen molar-refractivity contribution < 1.29 is 9.90 Å². The third-order valence-corrected chi connectivity index (χ3v) is 4.24. The van der Waals surface area contributed by atoms with E-state index in [1.54, 1.807) is 23.9 Å². The van der Waals surface area contributed by atoms with Gasteiger partial charge in [-0.25, -0.2) is 4.79 Å². The van der Waals surface area contributed by atoms with E-state index < -0.39 is 5.97 Å². The van der Waals surface area contributed by atoms with Crippen molar-refractivity contribution in [3.63, 3.8) is 0 Å². The molecule has 0 unspecified atom stereocenters. The van der Waals surface area contributed by atoms with Crippen LogP contribution in [0.15, 0.2) is 53.4 Å². The van der Waals surface area contributed by atoms with Gasteiger partial charge in [0.1, 0.15) is 0 Å². The van der Waals surface area contributed by atoms with Crippen LogP contribution in [0.25, 0.3) is 0 Å². The van der Waals surface area contributed by atoms with E-state index in [4.69, 9.17) is 5.11 Å². The summed E-state index contributed by atoms with van der Waals surface area (Å²) >= 11 is 1.76. The van der Waals surface area contributed by atoms with Crippen molar-refractivity contribution in [2.45, 2.75) is 30.4 Å². The summed E-state index contributed by atoms with van der Waals surface area (Å²) in [5, 5.41) is 8.85. The fraction of sp³-hybridized carbons (Fsp3) is 0.235. The molecule has 0 radical (unpaired) electrons. The minimum absolute atomic E-state index is 0.333. The van der Waals surface area contributed by atoms with Crippen LogP contribution in [0.5, 0.6) is 0 Å². The van der Waals surface area contributed by atoms with Crippen LogP contribution in [0.2, 0.25) is 0 Å². The van der Waals surface area contributed by atoms with Gasteiger partial charge < -0.3 is 5.11 Å². The van der Waals surface area contributed by atoms with Crippen molar-refractivity contribution in [1.82, 2.24) is 0 Å². The SMILES string of the molecule is CC(C)c1ccc(SCc2ccc(C(=O)O)cc2)cc1. The Kier molecular flexibility index (Phi) is 4.85. The molecule has 0 amide bonds. The van der Waals surface area contributed by atoms with Crippen molar-refractivity contribution in [2.75, 3.05) is 0 Å². The van der Waals surface area contributed by atoms with E-state index in [2.05, 4.69) is 38.1 Å². The minimum Gasteiger partial charge on any atom is -0.478 e. The molecule has 2 nitrogen and oxygen atoms in total. The highest BCUT2D eigenvalue weighted by Gasteiger charge is 2.03. The predicted molar refractivity (Wildman–Crippen MR) is 83.5 cm³/mol. The van der Waals surface area contributed by atoms with Gasteiger partial charge in [0, 0.05) is 10.6 Å². The molecular weight excluding hydrogens is 268 g/mol. The smallest absolute Gasteiger partial charge is 0.335 e. The minimum atomic E-state index is -0.881. The number of thioether (sulfide) groups is 1. The quantitative estimate of drug-likeness (QED) is 0.802. The lowest BCUT2D eigenvalue weighted by Crippen LogP contribution is -1.95. The molecule has 0 atom stereocenters. The highest BCUT2D eigenvalue weighted by atomic mass is 32.2. The fourth-order valence-electron chi connectivity index (χ4n) is 1.86. The van der Waals surface area contributed by atoms with E-state index in [0.29, 0.717) is 11.5 Å². The highest BCUT2D eigenvalue weighted by Crippen LogP contribution is 2.25. The molecule has 0 aliphatic carbocycles. The van der Waals surface area contributed by atoms with Crippen molar-refractivity contribution >= 4 is 17.7 Å². The third-order valence-electron chi connectivity index (χ3n) is 3.15. The zero-order chi connectivity index (χ0) is 14.5. The lowest BCUT2D eigenvalue weighted by atomic mass is 10.0. The first-order chi connectivity index (χ1) is 9.56. The highest BCUT2D eigenvalue weighted by molar-refractivity contribution is 7.98. The Morgan fingerprint density at radius 2 is 1.65 bits per heavy atom. The summed E-state index contributed by atoms with van der Waals surface area (Å²) in [5.74, 6) is 0.520. The summed E-state index contributed by atoms with van der Waals surface area (Å²) in [6.07, 6.45) is 0. The van der Waals surface area contributed by atoms with Gasteiger partial charge in [0.05, 0.1) is 5.56 Å². The van der Waals surface area contributed by atoms with E-state index in [1.165, 1.54) is 10.5 Å². The summed E-state index contributed by atoms with van der Waals surface area (Å²) in [4.78, 5) is 12.0. The Hall–Kier alpha value is -1.74. The van der Waals surface area contributed by atoms with Crippen molar-refractivity contribution in [2.24, 2.45) is 0 Å². The Balaban J connectivity index is 1.96. The number of carbonyl (C=O) groups is 1. The lowest BCUT2D eigenvalue weighted by Gasteiger charge is -2.07. The molecule has 0 spiro atoms. The number of benzene rings is 2. The summed E-state index contributed by atoms with van der Waals surface area (Å²) in [7, 11) is 0. The van der Waals surface area contributed by atoms with Crippen LogP contribution in [0.4, 0.5) is 0 Å². The van der Waals surface area contributed by atoms with Crippen molar-refractivity contribution in [3.05, 3.63) is 65.2 Å². The first kappa shape index (κ1) is 14.7. The van der Waals surface area contributed by atoms with Gasteiger partial charge in [0.2, 0.25) is 0 Å². The molecule has 0 bridgehead atoms. The standard InChI is InChI=1S/C17H18O2S/c1-12(2)14-7-9-16(10-8-14)20-11-13-3-5-15(6-4-13)17(18)19/h3-10,12H,11H2,1-2H3,(H,18,19). The maximum atomic E-state index is 10.8. The number of hydrogen-bond acceptors (Lipinski definition) is 2. The van der Waals surface area contributed by atoms with Gasteiger partial charge in [-0.05, 0) is 41.3 Å². The van der Waals surface area contributed by atoms with Crippen LogP contribution in [-0.4, -0.2) is 11.1 Å². The molecule has 0 saturated heterocycles. The van der Waals surface area contributed by atoms with Crippen LogP contribution in [-0.2, 0) is 5.75 Å². The van der Waals surface area contributed by atoms with E-state index in [9.17, 15) is 4.79 Å². The summed E-state index contributed by atoms with van der Waals surface area (Å²) < 4.78 is 0. The molecule has 1 N–H and O–H groups in total. The van der Waals surface area contributed by atoms with Gasteiger partial charge in [-0.1, -0.05) is 38.1 Å². The average molecular weight is 286 g/mol. The van der Waals surface area contributed by atoms with Crippen LogP contribution in [0.1, 0.15) is 41.3 Å². The van der Waals surface area contributed by atoms with Crippen LogP contribution >= 0.6 is 11.8 Å². The second-order valence-corrected chi connectivity index (χ2v) is 6.06. The number of carboxylic acid groups (broad SMARTS) is 1. The third kappa shape index (κ3) is 3.87. The first-order valence-electron chi connectivity index (χ1n) is 6.61. The molecule has 0 aliphatic heterocycles. The second-order valence-electron chi connectivity index (χ2n) is 5.01. The fourth-order valence-corrected chi connectivity index (χ4v) is 2.71. The molecule has 2 aromatic carbocycles. The molecule has 0 aromatic heterocycles. The van der Waals surface area contributed by atoms with E-state index >= 15 is 0 Å². The molecular formula is C17H18O2S. The Labute approximate surface area is 123 Å². The second kappa shape index (κ2) is 6.62. The molecule has 104 valence electrons. The molecule has 2 aromatic rings. The van der Waals surface area contributed by atoms with Gasteiger partial charge in [-0.2, -0.15) is 0 Å². The van der Waals surface area contributed by atoms with E-state index in [1.807, 2.05) is 12.1 Å². The lowest BCUT2D eigenvalue weighted by molar-refractivity contribution is 0.0697. The zero-order valence-electron chi connectivity index (χ0n) is 11.7. The summed E-state index contributed by atoms with van der Waals surface area (Å²) in [6, 6.07) is 15.7. The Morgan fingerprint density at radius 1 is 1.05 bits per heavy atom. The number of rotatable bonds is 5. The number of hydrogen-bond donors (Lipinski definition) is 1. The average Bonchev–Trinajstić information content (AvgIpc) is 2.46. The molecule has 0 aliphatic rings. The molecule has 2 rings (SSSR count). The molecule has 3 heteroatoms. The van der Waals surface area contributed by atoms with Gasteiger partial charge >= 0.3 is 5.97 Å². The van der Waals surface area contributed by atoms with Crippen LogP contribution in [0.3, 0.4) is 0 Å². The first-order valence-corrected chi connectivity index (χ1v) is 7.60. The number of aromatic carboxylic acids is 1. The van der Waals surface area contributed by atoms with E-state index in [0.717, 1.165) is 11.3 Å². The van der Waals surface area contributed by atoms with Gasteiger partial charge in [-0.3, -0.25) is 0 Å². The van der Waals surface area contributed by atoms with Crippen LogP contribution in [0, 0.1) is 0 Å². The van der Waals surface area contributed by atoms with Gasteiger partial charge in [0.25, 0.3) is 0 Å². The maximum Gasteiger partial charge on any atom is 0.335 e. The molecule has 0 saturated carbocycles. The Bertz CT molecular complexity index is 571. The predicted octanol–water partition coefficient (Wildman–Crippen LogP) is 4.80. The van der Waals surface area contributed by atoms with E-state index in [-0.39, 0.29) is 0 Å². The van der Waals surface area contributed by atoms with Gasteiger partial charge in [0.15, 0.2) is 0 Å². The van der Waals surface area contributed by atoms with Crippen molar-refractivity contribution in [1.29, 1.82) is 0 Å².